The van der Waals surface area contributed by atoms with Crippen molar-refractivity contribution in [3.05, 3.63) is 0 Å². The largest absolute Gasteiger partial charge is 0.383 e. The molecular weight excluding hydrogens is 216 g/mol. The summed E-state index contributed by atoms with van der Waals surface area (Å²) >= 11 is 0. The van der Waals surface area contributed by atoms with Crippen LogP contribution >= 0.6 is 0 Å². The summed E-state index contributed by atoms with van der Waals surface area (Å²) in [4.78, 5) is 0. The van der Waals surface area contributed by atoms with Crippen molar-refractivity contribution in [3.63, 3.8) is 0 Å². The van der Waals surface area contributed by atoms with Gasteiger partial charge >= 0.3 is 0 Å². The first kappa shape index (κ1) is 13.3. The first-order chi connectivity index (χ1) is 8.35. The molecule has 1 heterocycles. The Labute approximate surface area is 104 Å². The number of nitrogens with one attached hydrogen (secondary N) is 1. The van der Waals surface area contributed by atoms with Gasteiger partial charge in [0.25, 0.3) is 0 Å². The summed E-state index contributed by atoms with van der Waals surface area (Å²) in [6, 6.07) is 0.955. The van der Waals surface area contributed by atoms with E-state index in [1.165, 1.54) is 12.8 Å². The molecule has 1 saturated carbocycles. The Morgan fingerprint density at radius 3 is 2.88 bits per heavy atom. The molecule has 4 heteroatoms. The van der Waals surface area contributed by atoms with Crippen LogP contribution in [0.5, 0.6) is 0 Å². The van der Waals surface area contributed by atoms with Gasteiger partial charge in [-0.1, -0.05) is 0 Å². The van der Waals surface area contributed by atoms with E-state index < -0.39 is 0 Å². The van der Waals surface area contributed by atoms with Gasteiger partial charge in [-0.25, -0.2) is 0 Å². The van der Waals surface area contributed by atoms with Crippen LogP contribution in [-0.2, 0) is 9.47 Å². The van der Waals surface area contributed by atoms with E-state index >= 15 is 0 Å². The first-order valence-electron chi connectivity index (χ1n) is 6.91. The van der Waals surface area contributed by atoms with Gasteiger partial charge in [-0.05, 0) is 44.6 Å². The minimum Gasteiger partial charge on any atom is -0.383 e. The van der Waals surface area contributed by atoms with Crippen molar-refractivity contribution in [2.75, 3.05) is 26.9 Å². The summed E-state index contributed by atoms with van der Waals surface area (Å²) in [5, 5.41) is 3.72. The fourth-order valence-electron chi connectivity index (χ4n) is 2.76. The lowest BCUT2D eigenvalue weighted by Gasteiger charge is -2.26. The Morgan fingerprint density at radius 1 is 1.41 bits per heavy atom. The smallest absolute Gasteiger partial charge is 0.0757 e. The zero-order valence-corrected chi connectivity index (χ0v) is 10.9. The minimum absolute atomic E-state index is 0.427. The molecule has 0 radical (unpaired) electrons. The molecule has 0 aromatic carbocycles. The van der Waals surface area contributed by atoms with Crippen molar-refractivity contribution in [1.82, 2.24) is 5.32 Å². The lowest BCUT2D eigenvalue weighted by molar-refractivity contribution is 0.0733. The lowest BCUT2D eigenvalue weighted by Crippen LogP contribution is -2.45. The van der Waals surface area contributed by atoms with E-state index in [4.69, 9.17) is 15.2 Å². The topological polar surface area (TPSA) is 56.5 Å². The van der Waals surface area contributed by atoms with Crippen LogP contribution < -0.4 is 11.1 Å². The zero-order valence-electron chi connectivity index (χ0n) is 10.9. The van der Waals surface area contributed by atoms with Crippen LogP contribution in [0.2, 0.25) is 0 Å². The number of rotatable bonds is 8. The third kappa shape index (κ3) is 3.91. The predicted molar refractivity (Wildman–Crippen MR) is 68.0 cm³/mol. The van der Waals surface area contributed by atoms with Crippen LogP contribution in [-0.4, -0.2) is 45.1 Å². The highest BCUT2D eigenvalue weighted by Crippen LogP contribution is 2.38. The molecule has 1 saturated heterocycles. The Kier molecular flexibility index (Phi) is 5.22. The normalized spacial score (nSPS) is 30.7. The molecule has 2 rings (SSSR count). The van der Waals surface area contributed by atoms with E-state index in [1.54, 1.807) is 7.11 Å². The van der Waals surface area contributed by atoms with Crippen LogP contribution in [0.4, 0.5) is 0 Å². The SMILES string of the molecule is COCC(CCCN)NC1CCOC1C1CC1. The Balaban J connectivity index is 1.78. The molecule has 0 bridgehead atoms. The van der Waals surface area contributed by atoms with Crippen LogP contribution in [0.1, 0.15) is 32.1 Å². The molecule has 3 N–H and O–H groups in total. The number of nitrogens with two attached hydrogens (primary N) is 1. The van der Waals surface area contributed by atoms with E-state index in [0.29, 0.717) is 18.2 Å². The molecule has 100 valence electrons. The molecule has 1 aliphatic carbocycles. The van der Waals surface area contributed by atoms with Crippen LogP contribution in [0.3, 0.4) is 0 Å². The van der Waals surface area contributed by atoms with E-state index in [0.717, 1.165) is 44.9 Å². The summed E-state index contributed by atoms with van der Waals surface area (Å²) in [7, 11) is 1.76. The molecule has 3 atom stereocenters. The maximum Gasteiger partial charge on any atom is 0.0757 e. The van der Waals surface area contributed by atoms with Crippen molar-refractivity contribution < 1.29 is 9.47 Å². The van der Waals surface area contributed by atoms with Crippen molar-refractivity contribution >= 4 is 0 Å². The van der Waals surface area contributed by atoms with Gasteiger partial charge in [0, 0.05) is 25.8 Å². The second-order valence-electron chi connectivity index (χ2n) is 5.32. The molecule has 3 unspecified atom stereocenters. The van der Waals surface area contributed by atoms with Crippen LogP contribution in [0.25, 0.3) is 0 Å². The number of methoxy groups -OCH3 is 1. The van der Waals surface area contributed by atoms with Gasteiger partial charge in [-0.3, -0.25) is 0 Å². The lowest BCUT2D eigenvalue weighted by atomic mass is 10.0. The molecular formula is C13H26N2O2. The third-order valence-electron chi connectivity index (χ3n) is 3.80. The second-order valence-corrected chi connectivity index (χ2v) is 5.32. The fourth-order valence-corrected chi connectivity index (χ4v) is 2.76. The summed E-state index contributed by atoms with van der Waals surface area (Å²) in [5.41, 5.74) is 5.57. The molecule has 0 aromatic rings. The van der Waals surface area contributed by atoms with Gasteiger partial charge in [0.1, 0.15) is 0 Å². The quantitative estimate of drug-likeness (QED) is 0.664. The van der Waals surface area contributed by atoms with Crippen molar-refractivity contribution in [1.29, 1.82) is 0 Å². The molecule has 2 aliphatic rings. The summed E-state index contributed by atoms with van der Waals surface area (Å²) in [6.07, 6.45) is 6.44. The van der Waals surface area contributed by atoms with Crippen molar-refractivity contribution in [2.45, 2.75) is 50.3 Å². The minimum atomic E-state index is 0.427. The third-order valence-corrected chi connectivity index (χ3v) is 3.80. The molecule has 17 heavy (non-hydrogen) atoms. The fraction of sp³-hybridized carbons (Fsp3) is 1.00. The van der Waals surface area contributed by atoms with Crippen LogP contribution in [0.15, 0.2) is 0 Å². The van der Waals surface area contributed by atoms with E-state index in [9.17, 15) is 0 Å². The Bertz CT molecular complexity index is 221. The number of hydrogen-bond acceptors (Lipinski definition) is 4. The summed E-state index contributed by atoms with van der Waals surface area (Å²) in [6.45, 7) is 2.44. The first-order valence-corrected chi connectivity index (χ1v) is 6.91. The molecule has 2 fully saturated rings. The van der Waals surface area contributed by atoms with Gasteiger partial charge < -0.3 is 20.5 Å². The van der Waals surface area contributed by atoms with Crippen molar-refractivity contribution in [2.24, 2.45) is 11.7 Å². The predicted octanol–water partition coefficient (Wildman–Crippen LogP) is 0.897. The Hall–Kier alpha value is -0.160. The number of ether oxygens (including phenoxy) is 2. The molecule has 0 amide bonds. The maximum absolute atomic E-state index is 5.84. The standard InChI is InChI=1S/C13H26N2O2/c1-16-9-11(3-2-7-14)15-12-6-8-17-13(12)10-4-5-10/h10-13,15H,2-9,14H2,1H3. The van der Waals surface area contributed by atoms with Gasteiger partial charge in [-0.2, -0.15) is 0 Å². The highest BCUT2D eigenvalue weighted by molar-refractivity contribution is 4.94. The van der Waals surface area contributed by atoms with Crippen LogP contribution in [0, 0.1) is 5.92 Å². The van der Waals surface area contributed by atoms with Gasteiger partial charge in [0.2, 0.25) is 0 Å². The van der Waals surface area contributed by atoms with Gasteiger partial charge in [0.15, 0.2) is 0 Å². The summed E-state index contributed by atoms with van der Waals surface area (Å²) < 4.78 is 11.1. The number of hydrogen-bond donors (Lipinski definition) is 2. The average Bonchev–Trinajstić information content (AvgIpc) is 3.07. The highest BCUT2D eigenvalue weighted by Gasteiger charge is 2.40. The molecule has 4 nitrogen and oxygen atoms in total. The van der Waals surface area contributed by atoms with Gasteiger partial charge in [0.05, 0.1) is 12.7 Å². The molecule has 0 aromatic heterocycles. The highest BCUT2D eigenvalue weighted by atomic mass is 16.5. The zero-order chi connectivity index (χ0) is 12.1. The second kappa shape index (κ2) is 6.69. The molecule has 1 aliphatic heterocycles. The van der Waals surface area contributed by atoms with E-state index in [2.05, 4.69) is 5.32 Å². The Morgan fingerprint density at radius 2 is 2.24 bits per heavy atom. The maximum atomic E-state index is 5.84. The van der Waals surface area contributed by atoms with E-state index in [-0.39, 0.29) is 0 Å². The average molecular weight is 242 g/mol. The van der Waals surface area contributed by atoms with E-state index in [1.807, 2.05) is 0 Å². The van der Waals surface area contributed by atoms with Gasteiger partial charge in [-0.15, -0.1) is 0 Å². The molecule has 0 spiro atoms. The van der Waals surface area contributed by atoms with Crippen molar-refractivity contribution in [3.8, 4) is 0 Å². The monoisotopic (exact) mass is 242 g/mol. The summed E-state index contributed by atoms with van der Waals surface area (Å²) in [5.74, 6) is 0.813.